The van der Waals surface area contributed by atoms with Gasteiger partial charge in [0.15, 0.2) is 0 Å². The number of benzene rings is 1. The van der Waals surface area contributed by atoms with Crippen LogP contribution in [0.2, 0.25) is 0 Å². The number of aliphatic hydroxyl groups excluding tert-OH is 1. The van der Waals surface area contributed by atoms with Crippen molar-refractivity contribution in [3.8, 4) is 0 Å². The third-order valence-corrected chi connectivity index (χ3v) is 3.23. The summed E-state index contributed by atoms with van der Waals surface area (Å²) in [4.78, 5) is 1.27. The molecular weight excluding hydrogens is 180 g/mol. The Balaban J connectivity index is 2.67. The largest absolute Gasteiger partial charge is 0.393 e. The maximum absolute atomic E-state index is 9.14. The molecule has 0 fully saturated rings. The number of aliphatic hydroxyl groups is 1. The second-order valence-corrected chi connectivity index (χ2v) is 4.49. The molecule has 1 rings (SSSR count). The summed E-state index contributed by atoms with van der Waals surface area (Å²) in [6.45, 7) is 6.02. The highest BCUT2D eigenvalue weighted by Gasteiger charge is 2.01. The smallest absolute Gasteiger partial charge is 0.0606 e. The molecule has 0 bridgehead atoms. The van der Waals surface area contributed by atoms with E-state index in [0.29, 0.717) is 0 Å². The molecule has 0 spiro atoms. The number of hydrogen-bond acceptors (Lipinski definition) is 2. The topological polar surface area (TPSA) is 20.2 Å². The fraction of sp³-hybridized carbons (Fsp3) is 0.455. The Kier molecular flexibility index (Phi) is 3.82. The Labute approximate surface area is 84.2 Å². The van der Waals surface area contributed by atoms with E-state index in [0.717, 1.165) is 5.75 Å². The Morgan fingerprint density at radius 1 is 1.38 bits per heavy atom. The van der Waals surface area contributed by atoms with Crippen LogP contribution < -0.4 is 0 Å². The van der Waals surface area contributed by atoms with Crippen LogP contribution in [-0.2, 0) is 0 Å². The predicted octanol–water partition coefficient (Wildman–Crippen LogP) is 2.78. The maximum Gasteiger partial charge on any atom is 0.0606 e. The number of rotatable bonds is 3. The first-order valence-corrected chi connectivity index (χ1v) is 5.46. The maximum atomic E-state index is 9.14. The minimum Gasteiger partial charge on any atom is -0.393 e. The van der Waals surface area contributed by atoms with Gasteiger partial charge in [0.25, 0.3) is 0 Å². The van der Waals surface area contributed by atoms with E-state index in [-0.39, 0.29) is 6.10 Å². The monoisotopic (exact) mass is 196 g/mol. The van der Waals surface area contributed by atoms with Crippen LogP contribution in [0.5, 0.6) is 0 Å². The Morgan fingerprint density at radius 2 is 2.08 bits per heavy atom. The molecule has 0 saturated heterocycles. The molecule has 13 heavy (non-hydrogen) atoms. The zero-order valence-electron chi connectivity index (χ0n) is 8.37. The fourth-order valence-electron chi connectivity index (χ4n) is 1.17. The van der Waals surface area contributed by atoms with E-state index in [4.69, 9.17) is 5.11 Å². The lowest BCUT2D eigenvalue weighted by Crippen LogP contribution is -2.02. The van der Waals surface area contributed by atoms with E-state index in [1.165, 1.54) is 16.0 Å². The zero-order chi connectivity index (χ0) is 9.84. The molecule has 72 valence electrons. The zero-order valence-corrected chi connectivity index (χ0v) is 9.19. The van der Waals surface area contributed by atoms with Gasteiger partial charge < -0.3 is 5.11 Å². The van der Waals surface area contributed by atoms with Gasteiger partial charge in [0.1, 0.15) is 0 Å². The molecule has 1 atom stereocenters. The molecule has 1 aromatic carbocycles. The molecule has 0 saturated carbocycles. The van der Waals surface area contributed by atoms with Crippen LogP contribution in [0.1, 0.15) is 18.1 Å². The Hall–Kier alpha value is -0.470. The van der Waals surface area contributed by atoms with E-state index in [1.54, 1.807) is 11.8 Å². The molecule has 1 aromatic rings. The molecule has 0 aliphatic rings. The van der Waals surface area contributed by atoms with Gasteiger partial charge in [-0.3, -0.25) is 0 Å². The first-order chi connectivity index (χ1) is 6.09. The fourth-order valence-corrected chi connectivity index (χ4v) is 2.04. The van der Waals surface area contributed by atoms with Crippen LogP contribution in [0.15, 0.2) is 23.1 Å². The second-order valence-electron chi connectivity index (χ2n) is 3.43. The van der Waals surface area contributed by atoms with E-state index in [1.807, 2.05) is 6.92 Å². The van der Waals surface area contributed by atoms with Crippen molar-refractivity contribution in [2.75, 3.05) is 5.75 Å². The number of aryl methyl sites for hydroxylation is 2. The van der Waals surface area contributed by atoms with Crippen LogP contribution in [-0.4, -0.2) is 17.0 Å². The molecule has 0 radical (unpaired) electrons. The van der Waals surface area contributed by atoms with Gasteiger partial charge in [-0.05, 0) is 32.4 Å². The standard InChI is InChI=1S/C11H16OS/c1-8-4-5-11(9(2)6-8)13-7-10(3)12/h4-6,10,12H,7H2,1-3H3/t10-/m0/s1. The van der Waals surface area contributed by atoms with Crippen LogP contribution in [0.3, 0.4) is 0 Å². The highest BCUT2D eigenvalue weighted by Crippen LogP contribution is 2.23. The molecule has 0 aliphatic carbocycles. The van der Waals surface area contributed by atoms with Crippen molar-refractivity contribution in [1.82, 2.24) is 0 Å². The van der Waals surface area contributed by atoms with Crippen molar-refractivity contribution >= 4 is 11.8 Å². The van der Waals surface area contributed by atoms with E-state index < -0.39 is 0 Å². The van der Waals surface area contributed by atoms with Crippen molar-refractivity contribution in [3.63, 3.8) is 0 Å². The summed E-state index contributed by atoms with van der Waals surface area (Å²) in [6.07, 6.45) is -0.231. The van der Waals surface area contributed by atoms with E-state index >= 15 is 0 Å². The Morgan fingerprint density at radius 3 is 2.62 bits per heavy atom. The molecule has 0 amide bonds. The highest BCUT2D eigenvalue weighted by molar-refractivity contribution is 7.99. The minimum absolute atomic E-state index is 0.231. The summed E-state index contributed by atoms with van der Waals surface area (Å²) in [5.41, 5.74) is 2.59. The van der Waals surface area contributed by atoms with Gasteiger partial charge in [-0.15, -0.1) is 11.8 Å². The summed E-state index contributed by atoms with van der Waals surface area (Å²) >= 11 is 1.71. The lowest BCUT2D eigenvalue weighted by atomic mass is 10.2. The van der Waals surface area contributed by atoms with Crippen molar-refractivity contribution < 1.29 is 5.11 Å². The van der Waals surface area contributed by atoms with Crippen molar-refractivity contribution in [1.29, 1.82) is 0 Å². The van der Waals surface area contributed by atoms with Crippen molar-refractivity contribution in [2.45, 2.75) is 31.8 Å². The van der Waals surface area contributed by atoms with Gasteiger partial charge in [0.2, 0.25) is 0 Å². The quantitative estimate of drug-likeness (QED) is 0.750. The first kappa shape index (κ1) is 10.6. The summed E-state index contributed by atoms with van der Waals surface area (Å²) in [7, 11) is 0. The van der Waals surface area contributed by atoms with E-state index in [9.17, 15) is 0 Å². The van der Waals surface area contributed by atoms with Crippen molar-refractivity contribution in [2.24, 2.45) is 0 Å². The lowest BCUT2D eigenvalue weighted by Gasteiger charge is -2.07. The third kappa shape index (κ3) is 3.41. The average Bonchev–Trinajstić information content (AvgIpc) is 2.02. The highest BCUT2D eigenvalue weighted by atomic mass is 32.2. The van der Waals surface area contributed by atoms with Crippen LogP contribution >= 0.6 is 11.8 Å². The number of hydrogen-bond donors (Lipinski definition) is 1. The van der Waals surface area contributed by atoms with Gasteiger partial charge in [-0.2, -0.15) is 0 Å². The normalized spacial score (nSPS) is 12.9. The molecule has 1 N–H and O–H groups in total. The Bertz CT molecular complexity index is 281. The summed E-state index contributed by atoms with van der Waals surface area (Å²) in [5.74, 6) is 0.768. The molecule has 2 heteroatoms. The van der Waals surface area contributed by atoms with Gasteiger partial charge in [-0.1, -0.05) is 17.7 Å². The minimum atomic E-state index is -0.231. The molecule has 0 aromatic heterocycles. The van der Waals surface area contributed by atoms with Gasteiger partial charge in [-0.25, -0.2) is 0 Å². The summed E-state index contributed by atoms with van der Waals surface area (Å²) in [6, 6.07) is 6.40. The predicted molar refractivity (Wildman–Crippen MR) is 58.3 cm³/mol. The van der Waals surface area contributed by atoms with Crippen molar-refractivity contribution in [3.05, 3.63) is 29.3 Å². The van der Waals surface area contributed by atoms with Crippen LogP contribution in [0.25, 0.3) is 0 Å². The second kappa shape index (κ2) is 4.68. The SMILES string of the molecule is Cc1ccc(SC[C@H](C)O)c(C)c1. The third-order valence-electron chi connectivity index (χ3n) is 1.81. The molecular formula is C11H16OS. The molecule has 0 heterocycles. The average molecular weight is 196 g/mol. The summed E-state index contributed by atoms with van der Waals surface area (Å²) in [5, 5.41) is 9.14. The number of thioether (sulfide) groups is 1. The van der Waals surface area contributed by atoms with Gasteiger partial charge in [0.05, 0.1) is 6.10 Å². The van der Waals surface area contributed by atoms with Gasteiger partial charge in [0, 0.05) is 10.6 Å². The molecule has 1 nitrogen and oxygen atoms in total. The lowest BCUT2D eigenvalue weighted by molar-refractivity contribution is 0.220. The summed E-state index contributed by atoms with van der Waals surface area (Å²) < 4.78 is 0. The van der Waals surface area contributed by atoms with Crippen LogP contribution in [0.4, 0.5) is 0 Å². The van der Waals surface area contributed by atoms with Crippen LogP contribution in [0, 0.1) is 13.8 Å². The van der Waals surface area contributed by atoms with Gasteiger partial charge >= 0.3 is 0 Å². The van der Waals surface area contributed by atoms with E-state index in [2.05, 4.69) is 32.0 Å². The molecule has 0 unspecified atom stereocenters. The molecule has 0 aliphatic heterocycles. The first-order valence-electron chi connectivity index (χ1n) is 4.47.